The van der Waals surface area contributed by atoms with Crippen molar-refractivity contribution in [2.75, 3.05) is 0 Å². The molecule has 9 heteroatoms. The molecule has 1 heterocycles. The third kappa shape index (κ3) is 3.93. The molecule has 0 unspecified atom stereocenters. The van der Waals surface area contributed by atoms with E-state index in [4.69, 9.17) is 0 Å². The van der Waals surface area contributed by atoms with Gasteiger partial charge in [-0.25, -0.2) is 0 Å². The van der Waals surface area contributed by atoms with Crippen molar-refractivity contribution in [3.05, 3.63) is 48.5 Å². The van der Waals surface area contributed by atoms with E-state index in [0.29, 0.717) is 11.1 Å². The smallest absolute Gasteiger partial charge is 0.314 e. The number of nitro benzene ring substituents is 1. The molecule has 0 atom stereocenters. The van der Waals surface area contributed by atoms with Crippen LogP contribution in [0.2, 0.25) is 0 Å². The van der Waals surface area contributed by atoms with Crippen LogP contribution in [0.1, 0.15) is 32.8 Å². The first-order chi connectivity index (χ1) is 11.1. The normalized spacial score (nSPS) is 11.6. The number of hydrogen-bond donors (Lipinski definition) is 3. The van der Waals surface area contributed by atoms with Gasteiger partial charge in [0.15, 0.2) is 0 Å². The lowest BCUT2D eigenvalue weighted by Crippen LogP contribution is -2.40. The highest BCUT2D eigenvalue weighted by Crippen LogP contribution is 2.22. The number of aromatic nitrogens is 2. The Morgan fingerprint density at radius 3 is 2.46 bits per heavy atom. The summed E-state index contributed by atoms with van der Waals surface area (Å²) >= 11 is 0. The van der Waals surface area contributed by atoms with Gasteiger partial charge in [-0.15, -0.1) is 0 Å². The molecule has 0 radical (unpaired) electrons. The topological polar surface area (TPSA) is 138 Å². The summed E-state index contributed by atoms with van der Waals surface area (Å²) in [5.74, 6) is 0.00846. The van der Waals surface area contributed by atoms with Gasteiger partial charge in [0.05, 0.1) is 16.0 Å². The zero-order valence-electron chi connectivity index (χ0n) is 13.6. The minimum absolute atomic E-state index is 0.00846. The highest BCUT2D eigenvalue weighted by Gasteiger charge is 2.21. The van der Waals surface area contributed by atoms with Crippen LogP contribution < -0.4 is 16.4 Å². The summed E-state index contributed by atoms with van der Waals surface area (Å²) in [6.45, 7) is 5.33. The molecule has 2 rings (SSSR count). The molecule has 0 bridgehead atoms. The van der Waals surface area contributed by atoms with Gasteiger partial charge in [0, 0.05) is 30.6 Å². The number of H-pyrrole nitrogens is 2. The predicted molar refractivity (Wildman–Crippen MR) is 88.1 cm³/mol. The predicted octanol–water partition coefficient (Wildman–Crippen LogP) is 0.972. The van der Waals surface area contributed by atoms with Crippen LogP contribution in [0.4, 0.5) is 5.69 Å². The Kier molecular flexibility index (Phi) is 4.65. The maximum atomic E-state index is 11.6. The molecule has 0 aliphatic rings. The van der Waals surface area contributed by atoms with Gasteiger partial charge in [-0.3, -0.25) is 24.5 Å². The monoisotopic (exact) mass is 334 g/mol. The molecule has 0 saturated carbocycles. The van der Waals surface area contributed by atoms with Crippen molar-refractivity contribution in [1.82, 2.24) is 15.3 Å². The number of nitrogens with zero attached hydrogens (tertiary/aromatic N) is 1. The minimum Gasteiger partial charge on any atom is -0.316 e. The summed E-state index contributed by atoms with van der Waals surface area (Å²) < 4.78 is 0. The van der Waals surface area contributed by atoms with Crippen LogP contribution in [0.3, 0.4) is 0 Å². The first-order valence-electron chi connectivity index (χ1n) is 7.27. The first-order valence-corrected chi connectivity index (χ1v) is 7.27. The number of rotatable bonds is 6. The zero-order valence-corrected chi connectivity index (χ0v) is 13.6. The Balaban J connectivity index is 2.49. The Bertz CT molecular complexity index is 926. The van der Waals surface area contributed by atoms with Gasteiger partial charge in [-0.1, -0.05) is 0 Å². The summed E-state index contributed by atoms with van der Waals surface area (Å²) in [6, 6.07) is 2.52. The van der Waals surface area contributed by atoms with E-state index in [2.05, 4.69) is 15.3 Å². The van der Waals surface area contributed by atoms with Gasteiger partial charge >= 0.3 is 11.1 Å². The molecule has 1 aromatic heterocycles. The van der Waals surface area contributed by atoms with Crippen molar-refractivity contribution in [2.24, 2.45) is 0 Å². The summed E-state index contributed by atoms with van der Waals surface area (Å²) in [7, 11) is 0. The second-order valence-electron chi connectivity index (χ2n) is 6.31. The van der Waals surface area contributed by atoms with E-state index in [-0.39, 0.29) is 30.0 Å². The number of non-ortho nitro benzene ring substituents is 1. The van der Waals surface area contributed by atoms with Gasteiger partial charge in [0.25, 0.3) is 5.69 Å². The Hall–Kier alpha value is -2.81. The van der Waals surface area contributed by atoms with Crippen LogP contribution in [0.15, 0.2) is 21.7 Å². The third-order valence-corrected chi connectivity index (χ3v) is 3.56. The Morgan fingerprint density at radius 2 is 1.88 bits per heavy atom. The molecule has 1 aromatic carbocycles. The number of nitrogens with one attached hydrogen (secondary N) is 3. The van der Waals surface area contributed by atoms with Crippen molar-refractivity contribution in [3.8, 4) is 0 Å². The summed E-state index contributed by atoms with van der Waals surface area (Å²) in [5.41, 5.74) is -1.49. The maximum Gasteiger partial charge on any atom is 0.314 e. The summed E-state index contributed by atoms with van der Waals surface area (Å²) in [5, 5.41) is 14.2. The fraction of sp³-hybridized carbons (Fsp3) is 0.400. The second-order valence-corrected chi connectivity index (χ2v) is 6.31. The Morgan fingerprint density at radius 1 is 1.25 bits per heavy atom. The van der Waals surface area contributed by atoms with Gasteiger partial charge in [0.1, 0.15) is 5.78 Å². The van der Waals surface area contributed by atoms with E-state index in [1.165, 1.54) is 19.1 Å². The molecule has 128 valence electrons. The average molecular weight is 334 g/mol. The van der Waals surface area contributed by atoms with Crippen molar-refractivity contribution < 1.29 is 9.72 Å². The molecule has 0 aliphatic heterocycles. The first kappa shape index (κ1) is 17.5. The number of carbonyl (C=O) groups excluding carboxylic acids is 1. The largest absolute Gasteiger partial charge is 0.316 e. The minimum atomic E-state index is -0.876. The van der Waals surface area contributed by atoms with Crippen molar-refractivity contribution in [2.45, 2.75) is 39.3 Å². The molecule has 24 heavy (non-hydrogen) atoms. The van der Waals surface area contributed by atoms with Crippen LogP contribution >= 0.6 is 0 Å². The highest BCUT2D eigenvalue weighted by molar-refractivity contribution is 5.80. The van der Waals surface area contributed by atoms with E-state index in [9.17, 15) is 24.5 Å². The molecule has 0 aliphatic carbocycles. The molecule has 0 saturated heterocycles. The van der Waals surface area contributed by atoms with E-state index < -0.39 is 21.6 Å². The molecular weight excluding hydrogens is 316 g/mol. The van der Waals surface area contributed by atoms with Crippen LogP contribution in [0.25, 0.3) is 11.0 Å². The number of fused-ring (bicyclic) bond motifs is 1. The van der Waals surface area contributed by atoms with Crippen LogP contribution in [-0.2, 0) is 11.3 Å². The molecule has 2 aromatic rings. The summed E-state index contributed by atoms with van der Waals surface area (Å²) in [6.07, 6.45) is 0.285. The van der Waals surface area contributed by atoms with Gasteiger partial charge in [-0.2, -0.15) is 0 Å². The lowest BCUT2D eigenvalue weighted by molar-refractivity contribution is -0.384. The van der Waals surface area contributed by atoms with Crippen molar-refractivity contribution >= 4 is 22.5 Å². The zero-order chi connectivity index (χ0) is 18.1. The van der Waals surface area contributed by atoms with E-state index in [0.717, 1.165) is 0 Å². The van der Waals surface area contributed by atoms with E-state index in [1.807, 2.05) is 13.8 Å². The van der Waals surface area contributed by atoms with E-state index in [1.54, 1.807) is 0 Å². The second kappa shape index (κ2) is 6.36. The lowest BCUT2D eigenvalue weighted by atomic mass is 9.97. The maximum absolute atomic E-state index is 11.6. The molecule has 0 fully saturated rings. The van der Waals surface area contributed by atoms with Crippen molar-refractivity contribution in [3.63, 3.8) is 0 Å². The number of hydrogen-bond acceptors (Lipinski definition) is 6. The highest BCUT2D eigenvalue weighted by atomic mass is 16.6. The molecule has 0 spiro atoms. The number of aromatic amines is 2. The fourth-order valence-electron chi connectivity index (χ4n) is 2.55. The Labute approximate surface area is 136 Å². The number of benzene rings is 1. The number of nitro groups is 1. The molecule has 3 N–H and O–H groups in total. The fourth-order valence-corrected chi connectivity index (χ4v) is 2.55. The van der Waals surface area contributed by atoms with Crippen molar-refractivity contribution in [1.29, 1.82) is 0 Å². The number of ketones is 1. The van der Waals surface area contributed by atoms with Crippen LogP contribution in [0, 0.1) is 10.1 Å². The number of carbonyl (C=O) groups is 1. The van der Waals surface area contributed by atoms with E-state index >= 15 is 0 Å². The quantitative estimate of drug-likeness (QED) is 0.409. The van der Waals surface area contributed by atoms with Gasteiger partial charge in [0.2, 0.25) is 0 Å². The van der Waals surface area contributed by atoms with Crippen LogP contribution in [0.5, 0.6) is 0 Å². The molecular formula is C15H18N4O5. The summed E-state index contributed by atoms with van der Waals surface area (Å²) in [4.78, 5) is 49.6. The standard InChI is InChI=1S/C15H18N4O5/c1-8(20)6-15(2,3)16-7-9-4-10(19(23)24)5-11-12(9)18-14(22)13(21)17-11/h4-5,16H,6-7H2,1-3H3,(H,17,21)(H,18,22). The average Bonchev–Trinajstić information content (AvgIpc) is 2.44. The molecule has 9 nitrogen and oxygen atoms in total. The number of Topliss-reactive ketones (excluding diaryl/α,β-unsaturated/α-hetero) is 1. The SMILES string of the molecule is CC(=O)CC(C)(C)NCc1cc([N+](=O)[O-])cc2[nH]c(=O)c(=O)[nH]c12. The van der Waals surface area contributed by atoms with Gasteiger partial charge < -0.3 is 15.3 Å². The van der Waals surface area contributed by atoms with Crippen LogP contribution in [-0.4, -0.2) is 26.2 Å². The molecule has 0 amide bonds. The van der Waals surface area contributed by atoms with Gasteiger partial charge in [-0.05, 0) is 26.3 Å². The lowest BCUT2D eigenvalue weighted by Gasteiger charge is -2.25. The third-order valence-electron chi connectivity index (χ3n) is 3.56.